The summed E-state index contributed by atoms with van der Waals surface area (Å²) in [5.74, 6) is -0.566. The zero-order chi connectivity index (χ0) is 17.9. The molecule has 1 amide bonds. The molecule has 0 fully saturated rings. The van der Waals surface area contributed by atoms with Crippen LogP contribution in [0.4, 0.5) is 5.13 Å². The highest BCUT2D eigenvalue weighted by Crippen LogP contribution is 2.25. The van der Waals surface area contributed by atoms with Crippen molar-refractivity contribution < 1.29 is 13.2 Å². The van der Waals surface area contributed by atoms with Crippen molar-refractivity contribution in [1.82, 2.24) is 9.97 Å². The molecule has 0 saturated carbocycles. The number of benzene rings is 1. The average Bonchev–Trinajstić information content (AvgIpc) is 3.11. The van der Waals surface area contributed by atoms with Crippen LogP contribution in [0, 0.1) is 0 Å². The van der Waals surface area contributed by atoms with E-state index in [2.05, 4.69) is 15.3 Å². The number of hydrogen-bond donors (Lipinski definition) is 1. The van der Waals surface area contributed by atoms with Gasteiger partial charge < -0.3 is 0 Å². The summed E-state index contributed by atoms with van der Waals surface area (Å²) in [5.41, 5.74) is 1.72. The van der Waals surface area contributed by atoms with Gasteiger partial charge in [0.05, 0.1) is 21.9 Å². The quantitative estimate of drug-likeness (QED) is 0.741. The summed E-state index contributed by atoms with van der Waals surface area (Å²) in [6.45, 7) is 1.55. The molecule has 0 aliphatic carbocycles. The first kappa shape index (κ1) is 17.2. The maximum Gasteiger partial charge on any atom is 0.258 e. The summed E-state index contributed by atoms with van der Waals surface area (Å²) in [6.07, 6.45) is 3.33. The van der Waals surface area contributed by atoms with Crippen molar-refractivity contribution in [3.63, 3.8) is 0 Å². The molecule has 3 aromatic rings. The summed E-state index contributed by atoms with van der Waals surface area (Å²) in [4.78, 5) is 20.9. The second-order valence-electron chi connectivity index (χ2n) is 5.13. The number of anilines is 1. The Morgan fingerprint density at radius 2 is 1.88 bits per heavy atom. The van der Waals surface area contributed by atoms with Crippen molar-refractivity contribution in [2.75, 3.05) is 11.1 Å². The van der Waals surface area contributed by atoms with E-state index in [-0.39, 0.29) is 16.2 Å². The Bertz CT molecular complexity index is 999. The van der Waals surface area contributed by atoms with Crippen LogP contribution in [-0.4, -0.2) is 30.0 Å². The van der Waals surface area contributed by atoms with Crippen LogP contribution in [0.25, 0.3) is 11.3 Å². The zero-order valence-electron chi connectivity index (χ0n) is 13.3. The molecular formula is C17H15N3O3S2. The number of pyridine rings is 1. The van der Waals surface area contributed by atoms with Gasteiger partial charge in [0.2, 0.25) is 0 Å². The molecule has 2 heterocycles. The highest BCUT2D eigenvalue weighted by atomic mass is 32.2. The predicted molar refractivity (Wildman–Crippen MR) is 97.5 cm³/mol. The first-order valence-corrected chi connectivity index (χ1v) is 10.0. The van der Waals surface area contributed by atoms with Crippen LogP contribution < -0.4 is 5.32 Å². The minimum atomic E-state index is -3.49. The molecular weight excluding hydrogens is 358 g/mol. The van der Waals surface area contributed by atoms with E-state index in [4.69, 9.17) is 0 Å². The molecule has 0 bridgehead atoms. The van der Waals surface area contributed by atoms with E-state index in [1.807, 2.05) is 17.5 Å². The Hall–Kier alpha value is -2.58. The van der Waals surface area contributed by atoms with Gasteiger partial charge in [0, 0.05) is 23.3 Å². The van der Waals surface area contributed by atoms with Gasteiger partial charge in [0.25, 0.3) is 5.91 Å². The smallest absolute Gasteiger partial charge is 0.258 e. The lowest BCUT2D eigenvalue weighted by Gasteiger charge is -2.08. The third kappa shape index (κ3) is 3.75. The van der Waals surface area contributed by atoms with Gasteiger partial charge in [-0.2, -0.15) is 0 Å². The first-order chi connectivity index (χ1) is 12.0. The predicted octanol–water partition coefficient (Wildman–Crippen LogP) is 3.25. The first-order valence-electron chi connectivity index (χ1n) is 7.50. The molecule has 0 unspecified atom stereocenters. The molecule has 1 N–H and O–H groups in total. The van der Waals surface area contributed by atoms with Gasteiger partial charge in [0.1, 0.15) is 0 Å². The molecule has 0 atom stereocenters. The van der Waals surface area contributed by atoms with Gasteiger partial charge in [-0.25, -0.2) is 13.4 Å². The number of carbonyl (C=O) groups is 1. The standard InChI is InChI=1S/C17H15N3O3S2/c1-2-25(22,23)15-6-4-3-5-13(15)16(21)20-17-19-14(11-24-17)12-7-9-18-10-8-12/h3-11H,2H2,1H3,(H,19,20,21). The monoisotopic (exact) mass is 373 g/mol. The average molecular weight is 373 g/mol. The van der Waals surface area contributed by atoms with E-state index < -0.39 is 15.7 Å². The third-order valence-corrected chi connectivity index (χ3v) is 6.09. The molecule has 2 aromatic heterocycles. The van der Waals surface area contributed by atoms with Crippen LogP contribution in [0.5, 0.6) is 0 Å². The highest BCUT2D eigenvalue weighted by molar-refractivity contribution is 7.91. The fourth-order valence-electron chi connectivity index (χ4n) is 2.23. The lowest BCUT2D eigenvalue weighted by Crippen LogP contribution is -2.17. The van der Waals surface area contributed by atoms with E-state index in [0.29, 0.717) is 5.13 Å². The van der Waals surface area contributed by atoms with E-state index in [0.717, 1.165) is 11.3 Å². The van der Waals surface area contributed by atoms with E-state index >= 15 is 0 Å². The molecule has 128 valence electrons. The molecule has 1 aromatic carbocycles. The maximum absolute atomic E-state index is 12.5. The number of thiazole rings is 1. The summed E-state index contributed by atoms with van der Waals surface area (Å²) in [6, 6.07) is 9.82. The molecule has 8 heteroatoms. The molecule has 0 aliphatic heterocycles. The second-order valence-corrected chi connectivity index (χ2v) is 8.23. The maximum atomic E-state index is 12.5. The number of nitrogens with zero attached hydrogens (tertiary/aromatic N) is 2. The zero-order valence-corrected chi connectivity index (χ0v) is 15.0. The molecule has 0 radical (unpaired) electrons. The van der Waals surface area contributed by atoms with Crippen molar-refractivity contribution in [3.05, 3.63) is 59.7 Å². The number of nitrogens with one attached hydrogen (secondary N) is 1. The molecule has 0 spiro atoms. The second kappa shape index (κ2) is 7.12. The van der Waals surface area contributed by atoms with Crippen LogP contribution in [0.3, 0.4) is 0 Å². The fourth-order valence-corrected chi connectivity index (χ4v) is 4.04. The summed E-state index contributed by atoms with van der Waals surface area (Å²) < 4.78 is 24.3. The van der Waals surface area contributed by atoms with E-state index in [1.54, 1.807) is 31.5 Å². The number of amides is 1. The van der Waals surface area contributed by atoms with Crippen molar-refractivity contribution in [1.29, 1.82) is 0 Å². The van der Waals surface area contributed by atoms with Crippen molar-refractivity contribution in [2.24, 2.45) is 0 Å². The minimum absolute atomic E-state index is 0.0286. The molecule has 0 saturated heterocycles. The van der Waals surface area contributed by atoms with Crippen molar-refractivity contribution in [2.45, 2.75) is 11.8 Å². The van der Waals surface area contributed by atoms with Gasteiger partial charge in [0.15, 0.2) is 15.0 Å². The molecule has 0 aliphatic rings. The van der Waals surface area contributed by atoms with Crippen LogP contribution in [0.1, 0.15) is 17.3 Å². The molecule has 3 rings (SSSR count). The normalized spacial score (nSPS) is 11.2. The van der Waals surface area contributed by atoms with Gasteiger partial charge in [-0.05, 0) is 24.3 Å². The number of rotatable bonds is 5. The Balaban J connectivity index is 1.86. The Morgan fingerprint density at radius 3 is 2.60 bits per heavy atom. The fraction of sp³-hybridized carbons (Fsp3) is 0.118. The Kier molecular flexibility index (Phi) is 4.91. The number of carbonyl (C=O) groups excluding carboxylic acids is 1. The Labute approximate surface area is 149 Å². The SMILES string of the molecule is CCS(=O)(=O)c1ccccc1C(=O)Nc1nc(-c2ccncc2)cs1. The van der Waals surface area contributed by atoms with Crippen LogP contribution in [0.15, 0.2) is 59.1 Å². The van der Waals surface area contributed by atoms with Gasteiger partial charge in [-0.3, -0.25) is 15.1 Å². The van der Waals surface area contributed by atoms with Crippen molar-refractivity contribution >= 4 is 32.2 Å². The largest absolute Gasteiger partial charge is 0.298 e. The minimum Gasteiger partial charge on any atom is -0.298 e. The van der Waals surface area contributed by atoms with Gasteiger partial charge in [-0.15, -0.1) is 11.3 Å². The van der Waals surface area contributed by atoms with Crippen LogP contribution >= 0.6 is 11.3 Å². The van der Waals surface area contributed by atoms with Crippen molar-refractivity contribution in [3.8, 4) is 11.3 Å². The lowest BCUT2D eigenvalue weighted by atomic mass is 10.2. The van der Waals surface area contributed by atoms with Gasteiger partial charge >= 0.3 is 0 Å². The van der Waals surface area contributed by atoms with Crippen LogP contribution in [-0.2, 0) is 9.84 Å². The molecule has 25 heavy (non-hydrogen) atoms. The topological polar surface area (TPSA) is 89.0 Å². The summed E-state index contributed by atoms with van der Waals surface area (Å²) in [5, 5.41) is 4.90. The summed E-state index contributed by atoms with van der Waals surface area (Å²) >= 11 is 1.27. The molecule has 6 nitrogen and oxygen atoms in total. The van der Waals surface area contributed by atoms with E-state index in [9.17, 15) is 13.2 Å². The summed E-state index contributed by atoms with van der Waals surface area (Å²) in [7, 11) is -3.49. The van der Waals surface area contributed by atoms with Gasteiger partial charge in [-0.1, -0.05) is 19.1 Å². The number of sulfone groups is 1. The third-order valence-electron chi connectivity index (χ3n) is 3.55. The highest BCUT2D eigenvalue weighted by Gasteiger charge is 2.21. The number of hydrogen-bond acceptors (Lipinski definition) is 6. The lowest BCUT2D eigenvalue weighted by molar-refractivity contribution is 0.102. The van der Waals surface area contributed by atoms with Crippen LogP contribution in [0.2, 0.25) is 0 Å². The van der Waals surface area contributed by atoms with E-state index in [1.165, 1.54) is 23.5 Å². The number of aromatic nitrogens is 2. The Morgan fingerprint density at radius 1 is 1.16 bits per heavy atom.